The fourth-order valence-electron chi connectivity index (χ4n) is 2.64. The van der Waals surface area contributed by atoms with E-state index in [9.17, 15) is 4.79 Å². The lowest BCUT2D eigenvalue weighted by Gasteiger charge is -2.25. The van der Waals surface area contributed by atoms with E-state index in [0.29, 0.717) is 5.76 Å². The SMILES string of the molecule is Cc1cnoc1C(=O)N[C@@H]1CCCc2ccccc21. The molecule has 1 N–H and O–H groups in total. The number of carbonyl (C=O) groups is 1. The summed E-state index contributed by atoms with van der Waals surface area (Å²) in [5, 5.41) is 6.69. The van der Waals surface area contributed by atoms with E-state index >= 15 is 0 Å². The second kappa shape index (κ2) is 4.88. The Morgan fingerprint density at radius 2 is 2.26 bits per heavy atom. The first kappa shape index (κ1) is 12.0. The molecule has 2 aromatic rings. The van der Waals surface area contributed by atoms with E-state index in [0.717, 1.165) is 24.8 Å². The summed E-state index contributed by atoms with van der Waals surface area (Å²) in [6, 6.07) is 8.36. The summed E-state index contributed by atoms with van der Waals surface area (Å²) in [6.07, 6.45) is 4.71. The van der Waals surface area contributed by atoms with Crippen LogP contribution in [-0.4, -0.2) is 11.1 Å². The lowest BCUT2D eigenvalue weighted by Crippen LogP contribution is -2.31. The zero-order valence-corrected chi connectivity index (χ0v) is 10.8. The molecular formula is C15H16N2O2. The van der Waals surface area contributed by atoms with Crippen LogP contribution < -0.4 is 5.32 Å². The Morgan fingerprint density at radius 3 is 3.05 bits per heavy atom. The van der Waals surface area contributed by atoms with Gasteiger partial charge in [0, 0.05) is 5.56 Å². The number of nitrogens with zero attached hydrogens (tertiary/aromatic N) is 1. The molecule has 1 atom stereocenters. The monoisotopic (exact) mass is 256 g/mol. The van der Waals surface area contributed by atoms with Crippen molar-refractivity contribution < 1.29 is 9.32 Å². The third-order valence-corrected chi connectivity index (χ3v) is 3.63. The van der Waals surface area contributed by atoms with Crippen molar-refractivity contribution in [1.29, 1.82) is 0 Å². The van der Waals surface area contributed by atoms with Crippen LogP contribution in [0, 0.1) is 6.92 Å². The van der Waals surface area contributed by atoms with E-state index in [-0.39, 0.29) is 11.9 Å². The van der Waals surface area contributed by atoms with Crippen molar-refractivity contribution in [2.45, 2.75) is 32.2 Å². The smallest absolute Gasteiger partial charge is 0.290 e. The summed E-state index contributed by atoms with van der Waals surface area (Å²) in [5.74, 6) is 0.125. The number of fused-ring (bicyclic) bond motifs is 1. The van der Waals surface area contributed by atoms with Gasteiger partial charge in [-0.15, -0.1) is 0 Å². The number of aromatic nitrogens is 1. The molecule has 0 fully saturated rings. The zero-order valence-electron chi connectivity index (χ0n) is 10.8. The molecule has 0 spiro atoms. The number of carbonyl (C=O) groups excluding carboxylic acids is 1. The average molecular weight is 256 g/mol. The molecule has 1 aliphatic carbocycles. The van der Waals surface area contributed by atoms with Gasteiger partial charge < -0.3 is 9.84 Å². The van der Waals surface area contributed by atoms with Crippen molar-refractivity contribution in [1.82, 2.24) is 10.5 Å². The molecule has 0 unspecified atom stereocenters. The second-order valence-corrected chi connectivity index (χ2v) is 4.96. The Morgan fingerprint density at radius 1 is 1.42 bits per heavy atom. The molecule has 4 heteroatoms. The maximum Gasteiger partial charge on any atom is 0.290 e. The van der Waals surface area contributed by atoms with E-state index in [1.165, 1.54) is 11.1 Å². The fourth-order valence-corrected chi connectivity index (χ4v) is 2.64. The molecular weight excluding hydrogens is 240 g/mol. The molecule has 0 radical (unpaired) electrons. The summed E-state index contributed by atoms with van der Waals surface area (Å²) in [4.78, 5) is 12.2. The van der Waals surface area contributed by atoms with E-state index < -0.39 is 0 Å². The van der Waals surface area contributed by atoms with Crippen LogP contribution in [0.5, 0.6) is 0 Å². The largest absolute Gasteiger partial charge is 0.351 e. The molecule has 1 aromatic carbocycles. The van der Waals surface area contributed by atoms with Crippen LogP contribution in [0.15, 0.2) is 35.0 Å². The van der Waals surface area contributed by atoms with Crippen LogP contribution in [0.4, 0.5) is 0 Å². The third-order valence-electron chi connectivity index (χ3n) is 3.63. The summed E-state index contributed by atoms with van der Waals surface area (Å²) < 4.78 is 4.99. The minimum Gasteiger partial charge on any atom is -0.351 e. The van der Waals surface area contributed by atoms with E-state index in [1.54, 1.807) is 6.20 Å². The predicted octanol–water partition coefficient (Wildman–Crippen LogP) is 2.79. The van der Waals surface area contributed by atoms with Crippen LogP contribution in [0.3, 0.4) is 0 Å². The van der Waals surface area contributed by atoms with Crippen molar-refractivity contribution in [2.24, 2.45) is 0 Å². The predicted molar refractivity (Wildman–Crippen MR) is 70.8 cm³/mol. The van der Waals surface area contributed by atoms with Crippen molar-refractivity contribution in [3.63, 3.8) is 0 Å². The van der Waals surface area contributed by atoms with Gasteiger partial charge >= 0.3 is 0 Å². The first-order valence-electron chi connectivity index (χ1n) is 6.55. The maximum absolute atomic E-state index is 12.2. The van der Waals surface area contributed by atoms with Crippen LogP contribution >= 0.6 is 0 Å². The van der Waals surface area contributed by atoms with Gasteiger partial charge in [0.15, 0.2) is 0 Å². The topological polar surface area (TPSA) is 55.1 Å². The first-order chi connectivity index (χ1) is 9.25. The fraction of sp³-hybridized carbons (Fsp3) is 0.333. The minimum atomic E-state index is -0.184. The van der Waals surface area contributed by atoms with Crippen LogP contribution in [0.1, 0.15) is 46.1 Å². The highest BCUT2D eigenvalue weighted by Crippen LogP contribution is 2.29. The van der Waals surface area contributed by atoms with Gasteiger partial charge in [0.25, 0.3) is 5.91 Å². The summed E-state index contributed by atoms with van der Waals surface area (Å²) >= 11 is 0. The lowest BCUT2D eigenvalue weighted by molar-refractivity contribution is 0.0894. The molecule has 4 nitrogen and oxygen atoms in total. The highest BCUT2D eigenvalue weighted by Gasteiger charge is 2.23. The van der Waals surface area contributed by atoms with Gasteiger partial charge in [-0.05, 0) is 37.3 Å². The highest BCUT2D eigenvalue weighted by atomic mass is 16.5. The normalized spacial score (nSPS) is 17.8. The quantitative estimate of drug-likeness (QED) is 0.898. The molecule has 0 bridgehead atoms. The molecule has 1 amide bonds. The molecule has 1 heterocycles. The van der Waals surface area contributed by atoms with Gasteiger partial charge in [0.05, 0.1) is 12.2 Å². The van der Waals surface area contributed by atoms with Gasteiger partial charge in [-0.1, -0.05) is 29.4 Å². The maximum atomic E-state index is 12.2. The summed E-state index contributed by atoms with van der Waals surface area (Å²) in [7, 11) is 0. The Hall–Kier alpha value is -2.10. The molecule has 1 aliphatic rings. The lowest BCUT2D eigenvalue weighted by atomic mass is 9.87. The first-order valence-corrected chi connectivity index (χ1v) is 6.55. The summed E-state index contributed by atoms with van der Waals surface area (Å²) in [6.45, 7) is 1.82. The highest BCUT2D eigenvalue weighted by molar-refractivity contribution is 5.92. The molecule has 1 aromatic heterocycles. The molecule has 98 valence electrons. The zero-order chi connectivity index (χ0) is 13.2. The summed E-state index contributed by atoms with van der Waals surface area (Å²) in [5.41, 5.74) is 3.31. The number of amides is 1. The second-order valence-electron chi connectivity index (χ2n) is 4.96. The van der Waals surface area contributed by atoms with E-state index in [2.05, 4.69) is 22.6 Å². The average Bonchev–Trinajstić information content (AvgIpc) is 2.85. The number of rotatable bonds is 2. The van der Waals surface area contributed by atoms with Gasteiger partial charge in [-0.25, -0.2) is 0 Å². The molecule has 0 saturated heterocycles. The molecule has 19 heavy (non-hydrogen) atoms. The van der Waals surface area contributed by atoms with Crippen LogP contribution in [0.2, 0.25) is 0 Å². The third kappa shape index (κ3) is 2.26. The van der Waals surface area contributed by atoms with Crippen molar-refractivity contribution in [3.05, 3.63) is 52.9 Å². The van der Waals surface area contributed by atoms with Gasteiger partial charge in [0.1, 0.15) is 0 Å². The van der Waals surface area contributed by atoms with Gasteiger partial charge in [-0.2, -0.15) is 0 Å². The van der Waals surface area contributed by atoms with Crippen molar-refractivity contribution >= 4 is 5.91 Å². The molecule has 0 saturated carbocycles. The van der Waals surface area contributed by atoms with Crippen molar-refractivity contribution in [3.8, 4) is 0 Å². The molecule has 0 aliphatic heterocycles. The number of benzene rings is 1. The van der Waals surface area contributed by atoms with Crippen molar-refractivity contribution in [2.75, 3.05) is 0 Å². The number of hydrogen-bond acceptors (Lipinski definition) is 3. The Kier molecular flexibility index (Phi) is 3.07. The van der Waals surface area contributed by atoms with E-state index in [4.69, 9.17) is 4.52 Å². The van der Waals surface area contributed by atoms with Crippen LogP contribution in [-0.2, 0) is 6.42 Å². The standard InChI is InChI=1S/C15H16N2O2/c1-10-9-16-19-14(10)15(18)17-13-8-4-6-11-5-2-3-7-12(11)13/h2-3,5,7,9,13H,4,6,8H2,1H3,(H,17,18)/t13-/m1/s1. The Labute approximate surface area is 111 Å². The van der Waals surface area contributed by atoms with Gasteiger partial charge in [0.2, 0.25) is 5.76 Å². The molecule has 3 rings (SSSR count). The number of aryl methyl sites for hydroxylation is 2. The van der Waals surface area contributed by atoms with Gasteiger partial charge in [-0.3, -0.25) is 4.79 Å². The Balaban J connectivity index is 1.82. The number of hydrogen-bond donors (Lipinski definition) is 1. The van der Waals surface area contributed by atoms with E-state index in [1.807, 2.05) is 19.1 Å². The Bertz CT molecular complexity index is 604. The number of nitrogens with one attached hydrogen (secondary N) is 1. The minimum absolute atomic E-state index is 0.0712. The van der Waals surface area contributed by atoms with Crippen LogP contribution in [0.25, 0.3) is 0 Å².